The summed E-state index contributed by atoms with van der Waals surface area (Å²) in [4.78, 5) is 35.5. The highest BCUT2D eigenvalue weighted by molar-refractivity contribution is 6.00. The topological polar surface area (TPSA) is 118 Å². The summed E-state index contributed by atoms with van der Waals surface area (Å²) in [6.07, 6.45) is 3.77. The van der Waals surface area contributed by atoms with E-state index >= 15 is 0 Å². The molecule has 2 aromatic carbocycles. The molecule has 1 aliphatic carbocycles. The Morgan fingerprint density at radius 2 is 1.54 bits per heavy atom. The van der Waals surface area contributed by atoms with E-state index in [9.17, 15) is 14.4 Å². The maximum absolute atomic E-state index is 12.5. The molecule has 3 N–H and O–H groups in total. The molecule has 2 amide bonds. The molecule has 1 aliphatic rings. The highest BCUT2D eigenvalue weighted by Crippen LogP contribution is 2.44. The number of carboxylic acid groups (broad SMARTS) is 1. The Morgan fingerprint density at radius 1 is 0.886 bits per heavy atom. The molecule has 0 spiro atoms. The van der Waals surface area contributed by atoms with E-state index < -0.39 is 18.0 Å². The molecule has 0 atom stereocenters. The summed E-state index contributed by atoms with van der Waals surface area (Å²) in [7, 11) is 0. The van der Waals surface area contributed by atoms with Crippen molar-refractivity contribution < 1.29 is 28.6 Å². The van der Waals surface area contributed by atoms with Gasteiger partial charge in [-0.2, -0.15) is 0 Å². The van der Waals surface area contributed by atoms with Crippen LogP contribution in [-0.4, -0.2) is 36.2 Å². The summed E-state index contributed by atoms with van der Waals surface area (Å²) in [5.41, 5.74) is 4.77. The molecule has 0 saturated heterocycles. The summed E-state index contributed by atoms with van der Waals surface area (Å²) in [5, 5.41) is 14.0. The highest BCUT2D eigenvalue weighted by atomic mass is 16.5. The third-order valence-corrected chi connectivity index (χ3v) is 6.05. The molecular weight excluding hydrogens is 448 g/mol. The molecule has 0 saturated carbocycles. The Kier molecular flexibility index (Phi) is 7.82. The maximum Gasteiger partial charge on any atom is 0.411 e. The van der Waals surface area contributed by atoms with Crippen LogP contribution < -0.4 is 10.6 Å². The van der Waals surface area contributed by atoms with Crippen LogP contribution in [0.2, 0.25) is 0 Å². The van der Waals surface area contributed by atoms with Gasteiger partial charge >= 0.3 is 12.1 Å². The molecule has 0 bridgehead atoms. The maximum atomic E-state index is 12.5. The lowest BCUT2D eigenvalue weighted by Gasteiger charge is -2.14. The van der Waals surface area contributed by atoms with Crippen molar-refractivity contribution in [2.75, 3.05) is 18.5 Å². The van der Waals surface area contributed by atoms with Crippen molar-refractivity contribution in [2.45, 2.75) is 38.0 Å². The van der Waals surface area contributed by atoms with Crippen LogP contribution in [-0.2, 0) is 9.53 Å². The second-order valence-corrected chi connectivity index (χ2v) is 8.43. The molecule has 1 aromatic heterocycles. The Hall–Kier alpha value is -4.07. The van der Waals surface area contributed by atoms with Crippen molar-refractivity contribution in [1.82, 2.24) is 5.32 Å². The fourth-order valence-corrected chi connectivity index (χ4v) is 4.36. The number of carbonyl (C=O) groups excluding carboxylic acids is 2. The fourth-order valence-electron chi connectivity index (χ4n) is 4.36. The zero-order chi connectivity index (χ0) is 24.6. The van der Waals surface area contributed by atoms with Gasteiger partial charge in [-0.1, -0.05) is 61.4 Å². The number of furan rings is 1. The van der Waals surface area contributed by atoms with Gasteiger partial charge in [0.25, 0.3) is 5.91 Å². The van der Waals surface area contributed by atoms with E-state index in [1.54, 1.807) is 0 Å². The van der Waals surface area contributed by atoms with Crippen molar-refractivity contribution >= 4 is 23.7 Å². The van der Waals surface area contributed by atoms with Gasteiger partial charge in [0.15, 0.2) is 0 Å². The average molecular weight is 477 g/mol. The van der Waals surface area contributed by atoms with Gasteiger partial charge in [0.1, 0.15) is 6.61 Å². The molecule has 0 fully saturated rings. The predicted molar refractivity (Wildman–Crippen MR) is 130 cm³/mol. The quantitative estimate of drug-likeness (QED) is 0.319. The monoisotopic (exact) mass is 476 g/mol. The minimum Gasteiger partial charge on any atom is -0.481 e. The summed E-state index contributed by atoms with van der Waals surface area (Å²) >= 11 is 0. The number of anilines is 1. The van der Waals surface area contributed by atoms with E-state index in [1.165, 1.54) is 12.3 Å². The number of benzene rings is 2. The summed E-state index contributed by atoms with van der Waals surface area (Å²) in [6.45, 7) is 0.595. The summed E-state index contributed by atoms with van der Waals surface area (Å²) < 4.78 is 10.8. The van der Waals surface area contributed by atoms with Crippen molar-refractivity contribution in [3.63, 3.8) is 0 Å². The molecule has 1 heterocycles. The SMILES string of the molecule is O=C(O)CCCCCCNC(=O)c1occc1NC(=O)OCC1c2ccccc2-c2ccccc21. The Labute approximate surface area is 203 Å². The number of carboxylic acids is 1. The van der Waals surface area contributed by atoms with Gasteiger partial charge in [0.2, 0.25) is 5.76 Å². The smallest absolute Gasteiger partial charge is 0.411 e. The van der Waals surface area contributed by atoms with Crippen LogP contribution >= 0.6 is 0 Å². The first-order valence-electron chi connectivity index (χ1n) is 11.7. The van der Waals surface area contributed by atoms with Gasteiger partial charge in [-0.15, -0.1) is 0 Å². The lowest BCUT2D eigenvalue weighted by Crippen LogP contribution is -2.26. The number of carbonyl (C=O) groups is 3. The van der Waals surface area contributed by atoms with Crippen molar-refractivity contribution in [2.24, 2.45) is 0 Å². The van der Waals surface area contributed by atoms with Crippen molar-refractivity contribution in [3.05, 3.63) is 77.7 Å². The number of nitrogens with one attached hydrogen (secondary N) is 2. The minimum atomic E-state index is -0.799. The Balaban J connectivity index is 1.27. The number of aliphatic carboxylic acids is 1. The number of unbranched alkanes of at least 4 members (excludes halogenated alkanes) is 3. The Bertz CT molecular complexity index is 1160. The van der Waals surface area contributed by atoms with Crippen molar-refractivity contribution in [1.29, 1.82) is 0 Å². The predicted octanol–water partition coefficient (Wildman–Crippen LogP) is 5.41. The molecule has 8 heteroatoms. The molecule has 8 nitrogen and oxygen atoms in total. The molecule has 0 unspecified atom stereocenters. The summed E-state index contributed by atoms with van der Waals surface area (Å²) in [6, 6.07) is 17.7. The van der Waals surface area contributed by atoms with Crippen LogP contribution in [0.5, 0.6) is 0 Å². The normalized spacial score (nSPS) is 12.0. The average Bonchev–Trinajstić information content (AvgIpc) is 3.44. The van der Waals surface area contributed by atoms with Crippen LogP contribution in [0, 0.1) is 0 Å². The van der Waals surface area contributed by atoms with Gasteiger partial charge in [-0.25, -0.2) is 4.79 Å². The number of rotatable bonds is 11. The van der Waals surface area contributed by atoms with Gasteiger partial charge in [-0.05, 0) is 35.1 Å². The number of hydrogen-bond donors (Lipinski definition) is 3. The van der Waals surface area contributed by atoms with Crippen molar-refractivity contribution in [3.8, 4) is 11.1 Å². The lowest BCUT2D eigenvalue weighted by molar-refractivity contribution is -0.137. The van der Waals surface area contributed by atoms with Crippen LogP contribution in [0.25, 0.3) is 11.1 Å². The lowest BCUT2D eigenvalue weighted by atomic mass is 9.98. The largest absolute Gasteiger partial charge is 0.481 e. The van der Waals surface area contributed by atoms with Crippen LogP contribution in [0.1, 0.15) is 59.7 Å². The first-order valence-corrected chi connectivity index (χ1v) is 11.7. The van der Waals surface area contributed by atoms with Crippen LogP contribution in [0.15, 0.2) is 65.3 Å². The Morgan fingerprint density at radius 3 is 2.23 bits per heavy atom. The zero-order valence-electron chi connectivity index (χ0n) is 19.3. The van der Waals surface area contributed by atoms with E-state index in [0.717, 1.165) is 41.5 Å². The minimum absolute atomic E-state index is 0.00406. The summed E-state index contributed by atoms with van der Waals surface area (Å²) in [5.74, 6) is -1.29. The second-order valence-electron chi connectivity index (χ2n) is 8.43. The molecular formula is C27H28N2O6. The number of ether oxygens (including phenoxy) is 1. The first-order chi connectivity index (χ1) is 17.0. The third-order valence-electron chi connectivity index (χ3n) is 6.05. The number of hydrogen-bond acceptors (Lipinski definition) is 5. The van der Waals surface area contributed by atoms with Gasteiger partial charge in [0, 0.05) is 24.9 Å². The first kappa shape index (κ1) is 24.1. The van der Waals surface area contributed by atoms with Gasteiger partial charge < -0.3 is 19.6 Å². The van der Waals surface area contributed by atoms with E-state index in [2.05, 4.69) is 22.8 Å². The molecule has 35 heavy (non-hydrogen) atoms. The third kappa shape index (κ3) is 5.90. The van der Waals surface area contributed by atoms with Crippen LogP contribution in [0.4, 0.5) is 10.5 Å². The fraction of sp³-hybridized carbons (Fsp3) is 0.296. The van der Waals surface area contributed by atoms with E-state index in [4.69, 9.17) is 14.3 Å². The molecule has 182 valence electrons. The van der Waals surface area contributed by atoms with E-state index in [1.807, 2.05) is 36.4 Å². The number of fused-ring (bicyclic) bond motifs is 3. The standard InChI is InChI=1S/C27H28N2O6/c30-24(31)13-3-1-2-8-15-28-26(32)25-23(14-16-34-25)29-27(33)35-17-22-20-11-6-4-9-18(20)19-10-5-7-12-21(19)22/h4-7,9-12,14,16,22H,1-3,8,13,15,17H2,(H,28,32)(H,29,33)(H,30,31). The molecule has 0 aliphatic heterocycles. The number of amides is 2. The second kappa shape index (κ2) is 11.4. The molecule has 0 radical (unpaired) electrons. The van der Waals surface area contributed by atoms with Crippen LogP contribution in [0.3, 0.4) is 0 Å². The highest BCUT2D eigenvalue weighted by Gasteiger charge is 2.29. The van der Waals surface area contributed by atoms with Gasteiger partial charge in [-0.3, -0.25) is 14.9 Å². The van der Waals surface area contributed by atoms with E-state index in [-0.39, 0.29) is 30.4 Å². The molecule has 4 rings (SSSR count). The molecule has 3 aromatic rings. The van der Waals surface area contributed by atoms with Gasteiger partial charge in [0.05, 0.1) is 12.0 Å². The van der Waals surface area contributed by atoms with E-state index in [0.29, 0.717) is 13.0 Å². The zero-order valence-corrected chi connectivity index (χ0v) is 19.3.